The molecule has 1 aromatic carbocycles. The van der Waals surface area contributed by atoms with Gasteiger partial charge in [0, 0.05) is 13.1 Å². The third-order valence-corrected chi connectivity index (χ3v) is 4.44. The Labute approximate surface area is 139 Å². The summed E-state index contributed by atoms with van der Waals surface area (Å²) in [6.45, 7) is 4.14. The standard InChI is InChI=1S/C16H20FN3O4/c1-10(15(18)21)14-9-20(16(22)24-14)11-2-3-13(12(17)8-11)19-4-6-23-7-5-19/h2-3,8,10,14H,4-7,9H2,1H3,(H2,18,21)/t10?,14-/m1/s1. The maximum atomic E-state index is 14.5. The third kappa shape index (κ3) is 3.14. The number of amides is 2. The molecule has 0 spiro atoms. The number of rotatable bonds is 4. The molecule has 2 aliphatic rings. The van der Waals surface area contributed by atoms with Crippen LogP contribution in [0.4, 0.5) is 20.6 Å². The van der Waals surface area contributed by atoms with Crippen LogP contribution in [0.1, 0.15) is 6.92 Å². The number of anilines is 2. The summed E-state index contributed by atoms with van der Waals surface area (Å²) in [5.41, 5.74) is 6.13. The lowest BCUT2D eigenvalue weighted by molar-refractivity contribution is -0.123. The zero-order valence-corrected chi connectivity index (χ0v) is 13.4. The number of halogens is 1. The van der Waals surface area contributed by atoms with Crippen molar-refractivity contribution in [1.82, 2.24) is 0 Å². The van der Waals surface area contributed by atoms with Crippen LogP contribution < -0.4 is 15.5 Å². The molecule has 0 bridgehead atoms. The van der Waals surface area contributed by atoms with Crippen LogP contribution in [0.5, 0.6) is 0 Å². The molecule has 1 unspecified atom stereocenters. The highest BCUT2D eigenvalue weighted by Crippen LogP contribution is 2.29. The predicted molar refractivity (Wildman–Crippen MR) is 85.4 cm³/mol. The lowest BCUT2D eigenvalue weighted by Crippen LogP contribution is -2.37. The summed E-state index contributed by atoms with van der Waals surface area (Å²) in [7, 11) is 0. The van der Waals surface area contributed by atoms with Gasteiger partial charge in [0.05, 0.1) is 37.1 Å². The van der Waals surface area contributed by atoms with Gasteiger partial charge >= 0.3 is 6.09 Å². The Morgan fingerprint density at radius 2 is 2.08 bits per heavy atom. The Balaban J connectivity index is 1.76. The minimum Gasteiger partial charge on any atom is -0.443 e. The van der Waals surface area contributed by atoms with Crippen molar-refractivity contribution in [2.24, 2.45) is 11.7 Å². The molecule has 2 aliphatic heterocycles. The molecule has 0 aromatic heterocycles. The molecule has 0 radical (unpaired) electrons. The van der Waals surface area contributed by atoms with E-state index in [1.54, 1.807) is 19.1 Å². The molecule has 7 nitrogen and oxygen atoms in total. The van der Waals surface area contributed by atoms with E-state index in [2.05, 4.69) is 0 Å². The molecular formula is C16H20FN3O4. The van der Waals surface area contributed by atoms with E-state index in [1.165, 1.54) is 11.0 Å². The van der Waals surface area contributed by atoms with Gasteiger partial charge < -0.3 is 20.1 Å². The molecule has 0 aliphatic carbocycles. The minimum absolute atomic E-state index is 0.166. The average molecular weight is 337 g/mol. The molecule has 0 saturated carbocycles. The van der Waals surface area contributed by atoms with Crippen molar-refractivity contribution in [3.63, 3.8) is 0 Å². The predicted octanol–water partition coefficient (Wildman–Crippen LogP) is 1.11. The molecule has 3 rings (SSSR count). The summed E-state index contributed by atoms with van der Waals surface area (Å²) in [4.78, 5) is 26.5. The summed E-state index contributed by atoms with van der Waals surface area (Å²) in [5, 5.41) is 0. The summed E-state index contributed by atoms with van der Waals surface area (Å²) in [6, 6.07) is 4.63. The Hall–Kier alpha value is -2.35. The van der Waals surface area contributed by atoms with Crippen molar-refractivity contribution in [3.05, 3.63) is 24.0 Å². The van der Waals surface area contributed by atoms with E-state index in [-0.39, 0.29) is 6.54 Å². The highest BCUT2D eigenvalue weighted by atomic mass is 19.1. The Morgan fingerprint density at radius 1 is 1.38 bits per heavy atom. The van der Waals surface area contributed by atoms with Crippen molar-refractivity contribution in [2.45, 2.75) is 13.0 Å². The smallest absolute Gasteiger partial charge is 0.414 e. The average Bonchev–Trinajstić information content (AvgIpc) is 2.96. The fourth-order valence-corrected chi connectivity index (χ4v) is 2.86. The number of hydrogen-bond donors (Lipinski definition) is 1. The monoisotopic (exact) mass is 337 g/mol. The molecule has 2 heterocycles. The first-order valence-corrected chi connectivity index (χ1v) is 7.87. The van der Waals surface area contributed by atoms with E-state index in [9.17, 15) is 14.0 Å². The van der Waals surface area contributed by atoms with Gasteiger partial charge in [-0.25, -0.2) is 9.18 Å². The number of morpholine rings is 1. The van der Waals surface area contributed by atoms with E-state index in [0.717, 1.165) is 0 Å². The van der Waals surface area contributed by atoms with Crippen LogP contribution in [0.25, 0.3) is 0 Å². The molecule has 1 aromatic rings. The summed E-state index contributed by atoms with van der Waals surface area (Å²) >= 11 is 0. The van der Waals surface area contributed by atoms with Crippen molar-refractivity contribution in [3.8, 4) is 0 Å². The topological polar surface area (TPSA) is 85.1 Å². The quantitative estimate of drug-likeness (QED) is 0.889. The molecular weight excluding hydrogens is 317 g/mol. The summed E-state index contributed by atoms with van der Waals surface area (Å²) < 4.78 is 24.9. The molecule has 2 atom stereocenters. The number of primary amides is 1. The Kier molecular flexibility index (Phi) is 4.57. The zero-order chi connectivity index (χ0) is 17.3. The van der Waals surface area contributed by atoms with E-state index in [0.29, 0.717) is 37.7 Å². The number of ether oxygens (including phenoxy) is 2. The van der Waals surface area contributed by atoms with Gasteiger partial charge in [-0.3, -0.25) is 9.69 Å². The fraction of sp³-hybridized carbons (Fsp3) is 0.500. The molecule has 24 heavy (non-hydrogen) atoms. The van der Waals surface area contributed by atoms with Crippen LogP contribution >= 0.6 is 0 Å². The first-order valence-electron chi connectivity index (χ1n) is 7.87. The summed E-state index contributed by atoms with van der Waals surface area (Å²) in [5.74, 6) is -1.55. The number of nitrogens with zero attached hydrogens (tertiary/aromatic N) is 2. The largest absolute Gasteiger partial charge is 0.443 e. The van der Waals surface area contributed by atoms with Crippen LogP contribution in [0, 0.1) is 11.7 Å². The van der Waals surface area contributed by atoms with Gasteiger partial charge in [-0.2, -0.15) is 0 Å². The Morgan fingerprint density at radius 3 is 2.71 bits per heavy atom. The van der Waals surface area contributed by atoms with E-state index < -0.39 is 29.8 Å². The van der Waals surface area contributed by atoms with E-state index in [1.807, 2.05) is 4.90 Å². The number of hydrogen-bond acceptors (Lipinski definition) is 5. The van der Waals surface area contributed by atoms with Gasteiger partial charge in [0.1, 0.15) is 11.9 Å². The van der Waals surface area contributed by atoms with Crippen molar-refractivity contribution < 1.29 is 23.5 Å². The third-order valence-electron chi connectivity index (χ3n) is 4.44. The molecule has 2 N–H and O–H groups in total. The first-order chi connectivity index (χ1) is 11.5. The molecule has 8 heteroatoms. The van der Waals surface area contributed by atoms with Crippen LogP contribution in [-0.4, -0.2) is 51.0 Å². The highest BCUT2D eigenvalue weighted by Gasteiger charge is 2.38. The summed E-state index contributed by atoms with van der Waals surface area (Å²) in [6.07, 6.45) is -1.23. The van der Waals surface area contributed by atoms with Gasteiger partial charge in [0.2, 0.25) is 5.91 Å². The number of nitrogens with two attached hydrogens (primary N) is 1. The second-order valence-corrected chi connectivity index (χ2v) is 5.96. The molecule has 2 saturated heterocycles. The van der Waals surface area contributed by atoms with Crippen LogP contribution in [0.2, 0.25) is 0 Å². The van der Waals surface area contributed by atoms with Crippen molar-refractivity contribution in [1.29, 1.82) is 0 Å². The molecule has 2 amide bonds. The second-order valence-electron chi connectivity index (χ2n) is 5.96. The highest BCUT2D eigenvalue weighted by molar-refractivity contribution is 5.91. The van der Waals surface area contributed by atoms with Gasteiger partial charge in [-0.1, -0.05) is 0 Å². The van der Waals surface area contributed by atoms with E-state index in [4.69, 9.17) is 15.2 Å². The SMILES string of the molecule is CC(C(N)=O)[C@H]1CN(c2ccc(N3CCOCC3)c(F)c2)C(=O)O1. The van der Waals surface area contributed by atoms with Crippen molar-refractivity contribution in [2.75, 3.05) is 42.6 Å². The van der Waals surface area contributed by atoms with Gasteiger partial charge in [0.25, 0.3) is 0 Å². The second kappa shape index (κ2) is 6.64. The maximum absolute atomic E-state index is 14.5. The lowest BCUT2D eigenvalue weighted by Gasteiger charge is -2.29. The number of carbonyl (C=O) groups excluding carboxylic acids is 2. The minimum atomic E-state index is -0.628. The van der Waals surface area contributed by atoms with Crippen LogP contribution in [0.3, 0.4) is 0 Å². The zero-order valence-electron chi connectivity index (χ0n) is 13.4. The van der Waals surface area contributed by atoms with Crippen LogP contribution in [0.15, 0.2) is 18.2 Å². The number of carbonyl (C=O) groups is 2. The van der Waals surface area contributed by atoms with Crippen LogP contribution in [-0.2, 0) is 14.3 Å². The van der Waals surface area contributed by atoms with Gasteiger partial charge in [-0.05, 0) is 25.1 Å². The number of cyclic esters (lactones) is 1. The normalized spacial score (nSPS) is 22.4. The Bertz CT molecular complexity index is 648. The van der Waals surface area contributed by atoms with Crippen molar-refractivity contribution >= 4 is 23.4 Å². The first kappa shape index (κ1) is 16.5. The van der Waals surface area contributed by atoms with E-state index >= 15 is 0 Å². The van der Waals surface area contributed by atoms with Gasteiger partial charge in [0.15, 0.2) is 0 Å². The lowest BCUT2D eigenvalue weighted by atomic mass is 10.0. The van der Waals surface area contributed by atoms with Gasteiger partial charge in [-0.15, -0.1) is 0 Å². The fourth-order valence-electron chi connectivity index (χ4n) is 2.86. The molecule has 130 valence electrons. The maximum Gasteiger partial charge on any atom is 0.414 e. The number of benzene rings is 1. The molecule has 2 fully saturated rings.